The Morgan fingerprint density at radius 3 is 2.22 bits per heavy atom. The number of anilines is 1. The van der Waals surface area contributed by atoms with Crippen molar-refractivity contribution >= 4 is 15.7 Å². The van der Waals surface area contributed by atoms with E-state index < -0.39 is 10.0 Å². The molecule has 0 radical (unpaired) electrons. The van der Waals surface area contributed by atoms with Crippen molar-refractivity contribution in [2.24, 2.45) is 0 Å². The molecule has 0 aromatic heterocycles. The first kappa shape index (κ1) is 16.0. The van der Waals surface area contributed by atoms with Crippen molar-refractivity contribution in [2.75, 3.05) is 4.72 Å². The molecule has 23 heavy (non-hydrogen) atoms. The lowest BCUT2D eigenvalue weighted by Gasteiger charge is -2.11. The molecule has 0 aliphatic heterocycles. The number of hydrogen-bond donors (Lipinski definition) is 3. The fourth-order valence-corrected chi connectivity index (χ4v) is 3.67. The van der Waals surface area contributed by atoms with Crippen molar-refractivity contribution in [2.45, 2.75) is 36.9 Å². The van der Waals surface area contributed by atoms with Crippen LogP contribution in [0.1, 0.15) is 35.4 Å². The zero-order valence-electron chi connectivity index (χ0n) is 12.6. The molecule has 1 saturated carbocycles. The Kier molecular flexibility index (Phi) is 4.39. The molecule has 0 spiro atoms. The standard InChI is InChI=1S/C17H19NO4S/c19-10-12-6-13(11-20)8-16(7-12)18-23(21,22)17-3-1-2-15(9-17)14-4-5-14/h1-3,6-9,14,18-20H,4-5,10-11H2. The molecule has 1 aliphatic carbocycles. The highest BCUT2D eigenvalue weighted by atomic mass is 32.2. The summed E-state index contributed by atoms with van der Waals surface area (Å²) in [6.45, 7) is -0.445. The smallest absolute Gasteiger partial charge is 0.261 e. The van der Waals surface area contributed by atoms with Gasteiger partial charge in [0.1, 0.15) is 0 Å². The van der Waals surface area contributed by atoms with E-state index in [9.17, 15) is 18.6 Å². The Hall–Kier alpha value is -1.89. The van der Waals surface area contributed by atoms with Crippen molar-refractivity contribution in [3.63, 3.8) is 0 Å². The normalized spacial score (nSPS) is 14.7. The summed E-state index contributed by atoms with van der Waals surface area (Å²) < 4.78 is 27.6. The summed E-state index contributed by atoms with van der Waals surface area (Å²) in [7, 11) is -3.70. The van der Waals surface area contributed by atoms with Crippen LogP contribution in [0.25, 0.3) is 0 Å². The predicted octanol–water partition coefficient (Wildman–Crippen LogP) is 2.35. The van der Waals surface area contributed by atoms with Gasteiger partial charge in [0.25, 0.3) is 10.0 Å². The lowest BCUT2D eigenvalue weighted by molar-refractivity contribution is 0.275. The summed E-state index contributed by atoms with van der Waals surface area (Å²) in [4.78, 5) is 0.224. The third kappa shape index (κ3) is 3.72. The molecule has 0 amide bonds. The molecule has 0 bridgehead atoms. The molecule has 0 atom stereocenters. The minimum atomic E-state index is -3.70. The lowest BCUT2D eigenvalue weighted by atomic mass is 10.1. The Morgan fingerprint density at radius 1 is 1.00 bits per heavy atom. The maximum Gasteiger partial charge on any atom is 0.261 e. The van der Waals surface area contributed by atoms with E-state index in [0.717, 1.165) is 18.4 Å². The van der Waals surface area contributed by atoms with Crippen LogP contribution in [-0.4, -0.2) is 18.6 Å². The fourth-order valence-electron chi connectivity index (χ4n) is 2.57. The van der Waals surface area contributed by atoms with Crippen LogP contribution in [-0.2, 0) is 23.2 Å². The Labute approximate surface area is 135 Å². The van der Waals surface area contributed by atoms with E-state index in [1.165, 1.54) is 0 Å². The van der Waals surface area contributed by atoms with Gasteiger partial charge < -0.3 is 10.2 Å². The average Bonchev–Trinajstić information content (AvgIpc) is 3.39. The average molecular weight is 333 g/mol. The third-order valence-electron chi connectivity index (χ3n) is 3.89. The van der Waals surface area contributed by atoms with Gasteiger partial charge in [0.05, 0.1) is 18.1 Å². The molecule has 1 aliphatic rings. The van der Waals surface area contributed by atoms with E-state index in [4.69, 9.17) is 0 Å². The molecule has 2 aromatic carbocycles. The van der Waals surface area contributed by atoms with Crippen molar-refractivity contribution in [1.29, 1.82) is 0 Å². The zero-order chi connectivity index (χ0) is 16.4. The molecular formula is C17H19NO4S. The van der Waals surface area contributed by atoms with Gasteiger partial charge in [0.2, 0.25) is 0 Å². The van der Waals surface area contributed by atoms with Crippen LogP contribution in [0.15, 0.2) is 47.4 Å². The van der Waals surface area contributed by atoms with Gasteiger partial charge in [0.15, 0.2) is 0 Å². The van der Waals surface area contributed by atoms with Crippen LogP contribution in [0.2, 0.25) is 0 Å². The van der Waals surface area contributed by atoms with Crippen molar-refractivity contribution < 1.29 is 18.6 Å². The van der Waals surface area contributed by atoms with Crippen LogP contribution in [0.3, 0.4) is 0 Å². The molecule has 6 heteroatoms. The minimum absolute atomic E-state index is 0.222. The summed E-state index contributed by atoms with van der Waals surface area (Å²) in [6.07, 6.45) is 2.21. The molecule has 3 rings (SSSR count). The number of benzene rings is 2. The summed E-state index contributed by atoms with van der Waals surface area (Å²) in [5.74, 6) is 0.476. The molecule has 0 saturated heterocycles. The van der Waals surface area contributed by atoms with E-state index in [1.54, 1.807) is 36.4 Å². The number of sulfonamides is 1. The minimum Gasteiger partial charge on any atom is -0.392 e. The Balaban J connectivity index is 1.90. The summed E-state index contributed by atoms with van der Waals surface area (Å²) in [5, 5.41) is 18.5. The quantitative estimate of drug-likeness (QED) is 0.757. The zero-order valence-corrected chi connectivity index (χ0v) is 13.4. The highest BCUT2D eigenvalue weighted by Crippen LogP contribution is 2.40. The molecule has 1 fully saturated rings. The maximum absolute atomic E-state index is 12.6. The molecule has 2 aromatic rings. The molecular weight excluding hydrogens is 314 g/mol. The third-order valence-corrected chi connectivity index (χ3v) is 5.27. The van der Waals surface area contributed by atoms with Gasteiger partial charge in [-0.1, -0.05) is 18.2 Å². The first-order chi connectivity index (χ1) is 11.0. The van der Waals surface area contributed by atoms with Gasteiger partial charge in [-0.25, -0.2) is 8.42 Å². The first-order valence-corrected chi connectivity index (χ1v) is 8.97. The summed E-state index contributed by atoms with van der Waals surface area (Å²) >= 11 is 0. The van der Waals surface area contributed by atoms with Gasteiger partial charge in [-0.2, -0.15) is 0 Å². The van der Waals surface area contributed by atoms with Crippen molar-refractivity contribution in [1.82, 2.24) is 0 Å². The molecule has 122 valence electrons. The largest absolute Gasteiger partial charge is 0.392 e. The first-order valence-electron chi connectivity index (χ1n) is 7.49. The van der Waals surface area contributed by atoms with Crippen LogP contribution in [0.4, 0.5) is 5.69 Å². The van der Waals surface area contributed by atoms with Gasteiger partial charge in [-0.15, -0.1) is 0 Å². The van der Waals surface area contributed by atoms with Gasteiger partial charge in [0, 0.05) is 5.69 Å². The summed E-state index contributed by atoms with van der Waals surface area (Å²) in [5.41, 5.74) is 2.47. The van der Waals surface area contributed by atoms with Crippen LogP contribution in [0.5, 0.6) is 0 Å². The van der Waals surface area contributed by atoms with Gasteiger partial charge >= 0.3 is 0 Å². The number of hydrogen-bond acceptors (Lipinski definition) is 4. The lowest BCUT2D eigenvalue weighted by Crippen LogP contribution is -2.13. The van der Waals surface area contributed by atoms with Crippen molar-refractivity contribution in [3.8, 4) is 0 Å². The Bertz CT molecular complexity index is 791. The van der Waals surface area contributed by atoms with E-state index in [2.05, 4.69) is 4.72 Å². The maximum atomic E-state index is 12.6. The highest BCUT2D eigenvalue weighted by molar-refractivity contribution is 7.92. The van der Waals surface area contributed by atoms with Crippen LogP contribution >= 0.6 is 0 Å². The highest BCUT2D eigenvalue weighted by Gasteiger charge is 2.25. The monoisotopic (exact) mass is 333 g/mol. The molecule has 5 nitrogen and oxygen atoms in total. The second-order valence-corrected chi connectivity index (χ2v) is 7.49. The van der Waals surface area contributed by atoms with Crippen LogP contribution < -0.4 is 4.72 Å². The topological polar surface area (TPSA) is 86.6 Å². The van der Waals surface area contributed by atoms with E-state index in [-0.39, 0.29) is 18.1 Å². The molecule has 3 N–H and O–H groups in total. The molecule has 0 unspecified atom stereocenters. The van der Waals surface area contributed by atoms with E-state index >= 15 is 0 Å². The number of aliphatic hydroxyl groups is 2. The molecule has 0 heterocycles. The number of aliphatic hydroxyl groups excluding tert-OH is 2. The predicted molar refractivity (Wildman–Crippen MR) is 87.5 cm³/mol. The summed E-state index contributed by atoms with van der Waals surface area (Å²) in [6, 6.07) is 11.7. The fraction of sp³-hybridized carbons (Fsp3) is 0.294. The number of rotatable bonds is 6. The van der Waals surface area contributed by atoms with Crippen molar-refractivity contribution in [3.05, 3.63) is 59.2 Å². The number of nitrogens with one attached hydrogen (secondary N) is 1. The second-order valence-electron chi connectivity index (χ2n) is 5.81. The Morgan fingerprint density at radius 2 is 1.65 bits per heavy atom. The van der Waals surface area contributed by atoms with E-state index in [1.807, 2.05) is 6.07 Å². The van der Waals surface area contributed by atoms with E-state index in [0.29, 0.717) is 22.7 Å². The van der Waals surface area contributed by atoms with Gasteiger partial charge in [-0.05, 0) is 59.7 Å². The van der Waals surface area contributed by atoms with Gasteiger partial charge in [-0.3, -0.25) is 4.72 Å². The second kappa shape index (κ2) is 6.31. The van der Waals surface area contributed by atoms with Crippen LogP contribution in [0, 0.1) is 0 Å². The SMILES string of the molecule is O=S(=O)(Nc1cc(CO)cc(CO)c1)c1cccc(C2CC2)c1.